The van der Waals surface area contributed by atoms with E-state index < -0.39 is 11.9 Å². The third-order valence-corrected chi connectivity index (χ3v) is 5.31. The lowest BCUT2D eigenvalue weighted by Gasteiger charge is -2.09. The zero-order valence-corrected chi connectivity index (χ0v) is 20.6. The SMILES string of the molecule is C=O.COc1ccc(-c2ccccc2C(=O)O)c(O)c1.COc1ccc(-c2ccccc2C(=O)O)c(O)c1. The predicted octanol–water partition coefficient (Wildman–Crippen LogP) is 5.35. The molecular weight excluding hydrogens is 492 g/mol. The molecule has 0 saturated carbocycles. The molecule has 0 aliphatic rings. The molecule has 4 aromatic rings. The molecule has 9 nitrogen and oxygen atoms in total. The molecule has 4 aromatic carbocycles. The smallest absolute Gasteiger partial charge is 0.336 e. The molecule has 4 rings (SSSR count). The van der Waals surface area contributed by atoms with E-state index in [9.17, 15) is 19.8 Å². The molecule has 0 unspecified atom stereocenters. The van der Waals surface area contributed by atoms with Crippen LogP contribution in [0, 0.1) is 0 Å². The summed E-state index contributed by atoms with van der Waals surface area (Å²) in [5.41, 5.74) is 2.19. The first-order chi connectivity index (χ1) is 18.3. The molecule has 0 saturated heterocycles. The van der Waals surface area contributed by atoms with Crippen LogP contribution in [0.15, 0.2) is 84.9 Å². The number of hydrogen-bond donors (Lipinski definition) is 4. The summed E-state index contributed by atoms with van der Waals surface area (Å²) in [7, 11) is 3.00. The van der Waals surface area contributed by atoms with E-state index in [0.717, 1.165) is 0 Å². The number of carbonyl (C=O) groups is 3. The largest absolute Gasteiger partial charge is 0.507 e. The molecule has 0 aromatic heterocycles. The summed E-state index contributed by atoms with van der Waals surface area (Å²) in [6.45, 7) is 2.00. The number of phenolic OH excluding ortho intramolecular Hbond substituents is 2. The van der Waals surface area contributed by atoms with Gasteiger partial charge in [-0.3, -0.25) is 0 Å². The average Bonchev–Trinajstić information content (AvgIpc) is 2.94. The summed E-state index contributed by atoms with van der Waals surface area (Å²) in [5, 5.41) is 38.0. The fourth-order valence-corrected chi connectivity index (χ4v) is 3.54. The van der Waals surface area contributed by atoms with Crippen molar-refractivity contribution >= 4 is 18.7 Å². The Labute approximate surface area is 218 Å². The third-order valence-electron chi connectivity index (χ3n) is 5.31. The molecule has 38 heavy (non-hydrogen) atoms. The van der Waals surface area contributed by atoms with Crippen molar-refractivity contribution < 1.29 is 44.3 Å². The summed E-state index contributed by atoms with van der Waals surface area (Å²) in [6, 6.07) is 22.6. The van der Waals surface area contributed by atoms with Crippen LogP contribution < -0.4 is 9.47 Å². The van der Waals surface area contributed by atoms with Crippen molar-refractivity contribution in [1.29, 1.82) is 0 Å². The number of carboxylic acids is 2. The standard InChI is InChI=1S/2C14H12O4.CH2O/c2*1-18-9-6-7-11(13(15)8-9)10-4-2-3-5-12(10)14(16)17;1-2/h2*2-8,15H,1H3,(H,16,17);1H2. The number of aromatic carboxylic acids is 2. The fourth-order valence-electron chi connectivity index (χ4n) is 3.54. The summed E-state index contributed by atoms with van der Waals surface area (Å²) in [5.74, 6) is -1.04. The van der Waals surface area contributed by atoms with Gasteiger partial charge in [-0.2, -0.15) is 0 Å². The van der Waals surface area contributed by atoms with E-state index in [1.165, 1.54) is 38.5 Å². The van der Waals surface area contributed by atoms with E-state index >= 15 is 0 Å². The van der Waals surface area contributed by atoms with Gasteiger partial charge in [-0.15, -0.1) is 0 Å². The second kappa shape index (κ2) is 13.7. The Bertz CT molecular complexity index is 1310. The van der Waals surface area contributed by atoms with Crippen LogP contribution in [0.5, 0.6) is 23.0 Å². The van der Waals surface area contributed by atoms with Gasteiger partial charge >= 0.3 is 11.9 Å². The minimum Gasteiger partial charge on any atom is -0.507 e. The van der Waals surface area contributed by atoms with Gasteiger partial charge in [0, 0.05) is 23.3 Å². The Morgan fingerprint density at radius 3 is 1.21 bits per heavy atom. The second-order valence-corrected chi connectivity index (χ2v) is 7.47. The van der Waals surface area contributed by atoms with Crippen LogP contribution in [0.1, 0.15) is 20.7 Å². The number of methoxy groups -OCH3 is 2. The monoisotopic (exact) mass is 518 g/mol. The second-order valence-electron chi connectivity index (χ2n) is 7.47. The molecule has 4 N–H and O–H groups in total. The van der Waals surface area contributed by atoms with Gasteiger partial charge in [-0.1, -0.05) is 36.4 Å². The molecule has 0 heterocycles. The van der Waals surface area contributed by atoms with E-state index in [0.29, 0.717) is 33.8 Å². The van der Waals surface area contributed by atoms with Gasteiger partial charge in [0.05, 0.1) is 25.3 Å². The van der Waals surface area contributed by atoms with Gasteiger partial charge in [0.15, 0.2) is 0 Å². The zero-order valence-electron chi connectivity index (χ0n) is 20.6. The Hall–Kier alpha value is -5.31. The van der Waals surface area contributed by atoms with Crippen LogP contribution in [0.4, 0.5) is 0 Å². The minimum atomic E-state index is -1.03. The van der Waals surface area contributed by atoms with Gasteiger partial charge in [-0.05, 0) is 47.5 Å². The van der Waals surface area contributed by atoms with E-state index in [-0.39, 0.29) is 22.6 Å². The molecule has 0 aliphatic heterocycles. The van der Waals surface area contributed by atoms with Crippen molar-refractivity contribution in [1.82, 2.24) is 0 Å². The highest BCUT2D eigenvalue weighted by Gasteiger charge is 2.15. The Morgan fingerprint density at radius 1 is 0.579 bits per heavy atom. The van der Waals surface area contributed by atoms with Crippen LogP contribution in [-0.2, 0) is 4.79 Å². The molecule has 0 atom stereocenters. The lowest BCUT2D eigenvalue weighted by atomic mass is 9.99. The summed E-state index contributed by atoms with van der Waals surface area (Å²) < 4.78 is 9.97. The zero-order chi connectivity index (χ0) is 28.2. The molecular formula is C29H26O9. The van der Waals surface area contributed by atoms with Gasteiger partial charge in [0.2, 0.25) is 0 Å². The molecule has 9 heteroatoms. The van der Waals surface area contributed by atoms with Crippen LogP contribution in [-0.4, -0.2) is 53.4 Å². The van der Waals surface area contributed by atoms with E-state index in [4.69, 9.17) is 24.5 Å². The normalized spacial score (nSPS) is 9.63. The van der Waals surface area contributed by atoms with Crippen molar-refractivity contribution in [3.8, 4) is 45.3 Å². The fraction of sp³-hybridized carbons (Fsp3) is 0.0690. The van der Waals surface area contributed by atoms with Crippen LogP contribution in [0.3, 0.4) is 0 Å². The number of hydrogen-bond acceptors (Lipinski definition) is 7. The van der Waals surface area contributed by atoms with Crippen molar-refractivity contribution in [2.45, 2.75) is 0 Å². The first kappa shape index (κ1) is 28.9. The Balaban J connectivity index is 0.000000251. The first-order valence-electron chi connectivity index (χ1n) is 10.9. The molecule has 0 aliphatic carbocycles. The highest BCUT2D eigenvalue weighted by atomic mass is 16.5. The Morgan fingerprint density at radius 2 is 0.921 bits per heavy atom. The molecule has 0 fully saturated rings. The quantitative estimate of drug-likeness (QED) is 0.265. The molecule has 0 spiro atoms. The van der Waals surface area contributed by atoms with E-state index in [2.05, 4.69) is 0 Å². The van der Waals surface area contributed by atoms with Gasteiger partial charge in [-0.25, -0.2) is 9.59 Å². The lowest BCUT2D eigenvalue weighted by molar-refractivity contribution is -0.0980. The average molecular weight is 519 g/mol. The van der Waals surface area contributed by atoms with Crippen LogP contribution >= 0.6 is 0 Å². The van der Waals surface area contributed by atoms with Crippen molar-refractivity contribution in [2.24, 2.45) is 0 Å². The number of ether oxygens (including phenoxy) is 2. The van der Waals surface area contributed by atoms with E-state index in [1.54, 1.807) is 60.7 Å². The molecule has 0 bridgehead atoms. The van der Waals surface area contributed by atoms with Crippen molar-refractivity contribution in [2.75, 3.05) is 14.2 Å². The number of rotatable bonds is 6. The van der Waals surface area contributed by atoms with Crippen LogP contribution in [0.25, 0.3) is 22.3 Å². The third kappa shape index (κ3) is 6.88. The summed E-state index contributed by atoms with van der Waals surface area (Å²) >= 11 is 0. The number of benzene rings is 4. The number of carbonyl (C=O) groups excluding carboxylic acids is 1. The van der Waals surface area contributed by atoms with Gasteiger partial charge in [0.1, 0.15) is 29.8 Å². The maximum Gasteiger partial charge on any atom is 0.336 e. The first-order valence-corrected chi connectivity index (χ1v) is 10.9. The molecule has 196 valence electrons. The number of carboxylic acid groups (broad SMARTS) is 2. The summed E-state index contributed by atoms with van der Waals surface area (Å²) in [6.07, 6.45) is 0. The highest BCUT2D eigenvalue weighted by molar-refractivity contribution is 5.97. The van der Waals surface area contributed by atoms with E-state index in [1.807, 2.05) is 6.79 Å². The maximum atomic E-state index is 11.1. The van der Waals surface area contributed by atoms with Crippen molar-refractivity contribution in [3.63, 3.8) is 0 Å². The minimum absolute atomic E-state index is 0.0111. The van der Waals surface area contributed by atoms with Crippen molar-refractivity contribution in [3.05, 3.63) is 96.1 Å². The number of aromatic hydroxyl groups is 2. The van der Waals surface area contributed by atoms with Gasteiger partial charge in [0.25, 0.3) is 0 Å². The topological polar surface area (TPSA) is 151 Å². The van der Waals surface area contributed by atoms with Crippen LogP contribution in [0.2, 0.25) is 0 Å². The molecule has 0 radical (unpaired) electrons. The lowest BCUT2D eigenvalue weighted by Crippen LogP contribution is -1.99. The maximum absolute atomic E-state index is 11.1. The number of phenols is 2. The predicted molar refractivity (Wildman–Crippen MR) is 141 cm³/mol. The molecule has 0 amide bonds. The highest BCUT2D eigenvalue weighted by Crippen LogP contribution is 2.35. The Kier molecular flexibility index (Phi) is 10.4. The summed E-state index contributed by atoms with van der Waals surface area (Å²) in [4.78, 5) is 30.2. The van der Waals surface area contributed by atoms with Gasteiger partial charge < -0.3 is 34.7 Å².